The van der Waals surface area contributed by atoms with E-state index in [0.717, 1.165) is 33.8 Å². The van der Waals surface area contributed by atoms with Crippen LogP contribution >= 0.6 is 0 Å². The van der Waals surface area contributed by atoms with Crippen LogP contribution in [0.25, 0.3) is 82.8 Å². The van der Waals surface area contributed by atoms with Gasteiger partial charge in [-0.2, -0.15) is 0 Å². The maximum Gasteiger partial charge on any atom is 0.0561 e. The minimum absolute atomic E-state index is 1.08. The standard InChI is InChI=1S/C58H40N2/c1-4-18-41(19-5-1)49-29-12-13-30-51(49)44-24-16-27-47(38-44)60-56-33-15-14-31-54(56)55-37-35-48(40-58(55)60)59(46-25-8-3-9-26-46)57-39-45(34-36-53(57)43-20-6-2-7-21-43)52-32-17-23-42-22-10-11-28-50(42)52/h1-40H. The number of aromatic nitrogens is 1. The summed E-state index contributed by atoms with van der Waals surface area (Å²) < 4.78 is 2.44. The predicted octanol–water partition coefficient (Wildman–Crippen LogP) is 16.1. The second-order valence-electron chi connectivity index (χ2n) is 15.3. The topological polar surface area (TPSA) is 8.17 Å². The monoisotopic (exact) mass is 764 g/mol. The molecule has 1 heterocycles. The molecule has 0 atom stereocenters. The molecule has 0 unspecified atom stereocenters. The molecule has 0 saturated carbocycles. The van der Waals surface area contributed by atoms with Crippen molar-refractivity contribution in [3.05, 3.63) is 243 Å². The molecular weight excluding hydrogens is 725 g/mol. The zero-order chi connectivity index (χ0) is 39.8. The van der Waals surface area contributed by atoms with Gasteiger partial charge in [-0.1, -0.05) is 194 Å². The first kappa shape index (κ1) is 35.2. The highest BCUT2D eigenvalue weighted by atomic mass is 15.1. The molecule has 0 amide bonds. The Kier molecular flexibility index (Phi) is 8.87. The lowest BCUT2D eigenvalue weighted by Crippen LogP contribution is -2.11. The van der Waals surface area contributed by atoms with E-state index in [1.807, 2.05) is 0 Å². The van der Waals surface area contributed by atoms with Crippen LogP contribution in [0.15, 0.2) is 243 Å². The molecule has 1 aromatic heterocycles. The van der Waals surface area contributed by atoms with Crippen LogP contribution in [0.3, 0.4) is 0 Å². The first-order chi connectivity index (χ1) is 29.8. The fourth-order valence-electron chi connectivity index (χ4n) is 9.02. The Morgan fingerprint density at radius 3 is 1.62 bits per heavy atom. The zero-order valence-electron chi connectivity index (χ0n) is 33.0. The van der Waals surface area contributed by atoms with E-state index in [0.29, 0.717) is 0 Å². The SMILES string of the molecule is c1ccc(-c2ccccc2-c2cccc(-n3c4ccccc4c4ccc(N(c5ccccc5)c5cc(-c6cccc7ccccc67)ccc5-c5ccccc5)cc43)c2)cc1. The fraction of sp³-hybridized carbons (Fsp3) is 0. The highest BCUT2D eigenvalue weighted by Crippen LogP contribution is 2.45. The molecule has 0 N–H and O–H groups in total. The summed E-state index contributed by atoms with van der Waals surface area (Å²) in [5, 5.41) is 4.91. The van der Waals surface area contributed by atoms with Crippen molar-refractivity contribution < 1.29 is 0 Å². The number of hydrogen-bond acceptors (Lipinski definition) is 1. The average molecular weight is 765 g/mol. The van der Waals surface area contributed by atoms with E-state index in [1.54, 1.807) is 0 Å². The maximum absolute atomic E-state index is 2.44. The molecule has 0 aliphatic rings. The van der Waals surface area contributed by atoms with E-state index >= 15 is 0 Å². The Morgan fingerprint density at radius 2 is 0.833 bits per heavy atom. The molecule has 0 radical (unpaired) electrons. The number of benzene rings is 10. The molecule has 0 spiro atoms. The molecule has 11 aromatic rings. The van der Waals surface area contributed by atoms with Gasteiger partial charge in [-0.05, 0) is 98.2 Å². The van der Waals surface area contributed by atoms with Gasteiger partial charge in [0, 0.05) is 33.4 Å². The molecule has 282 valence electrons. The molecule has 0 aliphatic carbocycles. The van der Waals surface area contributed by atoms with Crippen molar-refractivity contribution in [3.8, 4) is 50.2 Å². The summed E-state index contributed by atoms with van der Waals surface area (Å²) in [7, 11) is 0. The molecule has 10 aromatic carbocycles. The van der Waals surface area contributed by atoms with Crippen molar-refractivity contribution in [2.75, 3.05) is 4.90 Å². The third kappa shape index (κ3) is 6.23. The van der Waals surface area contributed by atoms with E-state index < -0.39 is 0 Å². The van der Waals surface area contributed by atoms with E-state index in [9.17, 15) is 0 Å². The lowest BCUT2D eigenvalue weighted by Gasteiger charge is -2.29. The highest BCUT2D eigenvalue weighted by Gasteiger charge is 2.21. The molecular formula is C58H40N2. The number of rotatable bonds is 8. The van der Waals surface area contributed by atoms with Gasteiger partial charge in [0.05, 0.1) is 16.7 Å². The van der Waals surface area contributed by atoms with Crippen LogP contribution < -0.4 is 4.90 Å². The summed E-state index contributed by atoms with van der Waals surface area (Å²) >= 11 is 0. The Hall–Kier alpha value is -7.94. The van der Waals surface area contributed by atoms with Crippen LogP contribution in [-0.2, 0) is 0 Å². The normalized spacial score (nSPS) is 11.3. The molecule has 2 heteroatoms. The lowest BCUT2D eigenvalue weighted by atomic mass is 9.94. The quantitative estimate of drug-likeness (QED) is 0.150. The summed E-state index contributed by atoms with van der Waals surface area (Å²) in [6.45, 7) is 0. The minimum Gasteiger partial charge on any atom is -0.310 e. The zero-order valence-corrected chi connectivity index (χ0v) is 33.0. The van der Waals surface area contributed by atoms with Crippen LogP contribution in [0, 0.1) is 0 Å². The number of para-hydroxylation sites is 2. The van der Waals surface area contributed by atoms with Gasteiger partial charge < -0.3 is 9.47 Å². The van der Waals surface area contributed by atoms with E-state index in [4.69, 9.17) is 0 Å². The van der Waals surface area contributed by atoms with Gasteiger partial charge in [-0.25, -0.2) is 0 Å². The molecule has 0 fully saturated rings. The predicted molar refractivity (Wildman–Crippen MR) is 255 cm³/mol. The highest BCUT2D eigenvalue weighted by molar-refractivity contribution is 6.11. The number of anilines is 3. The minimum atomic E-state index is 1.08. The summed E-state index contributed by atoms with van der Waals surface area (Å²) in [4.78, 5) is 2.44. The van der Waals surface area contributed by atoms with Crippen LogP contribution in [0.5, 0.6) is 0 Å². The van der Waals surface area contributed by atoms with Gasteiger partial charge in [0.15, 0.2) is 0 Å². The molecule has 0 aliphatic heterocycles. The van der Waals surface area contributed by atoms with E-state index in [1.165, 1.54) is 66.0 Å². The Bertz CT molecular complexity index is 3300. The number of fused-ring (bicyclic) bond motifs is 4. The first-order valence-corrected chi connectivity index (χ1v) is 20.6. The van der Waals surface area contributed by atoms with Gasteiger partial charge in [0.1, 0.15) is 0 Å². The van der Waals surface area contributed by atoms with Crippen LogP contribution in [-0.4, -0.2) is 4.57 Å². The maximum atomic E-state index is 2.44. The van der Waals surface area contributed by atoms with Crippen LogP contribution in [0.1, 0.15) is 0 Å². The summed E-state index contributed by atoms with van der Waals surface area (Å²) in [5.74, 6) is 0. The Morgan fingerprint density at radius 1 is 0.283 bits per heavy atom. The van der Waals surface area contributed by atoms with Gasteiger partial charge >= 0.3 is 0 Å². The Labute approximate surface area is 350 Å². The van der Waals surface area contributed by atoms with Crippen molar-refractivity contribution in [3.63, 3.8) is 0 Å². The lowest BCUT2D eigenvalue weighted by molar-refractivity contribution is 1.18. The largest absolute Gasteiger partial charge is 0.310 e. The van der Waals surface area contributed by atoms with E-state index in [2.05, 4.69) is 252 Å². The van der Waals surface area contributed by atoms with Crippen molar-refractivity contribution >= 4 is 49.6 Å². The van der Waals surface area contributed by atoms with Crippen LogP contribution in [0.2, 0.25) is 0 Å². The molecule has 60 heavy (non-hydrogen) atoms. The van der Waals surface area contributed by atoms with Crippen molar-refractivity contribution in [1.29, 1.82) is 0 Å². The van der Waals surface area contributed by atoms with Gasteiger partial charge in [-0.15, -0.1) is 0 Å². The van der Waals surface area contributed by atoms with Crippen molar-refractivity contribution in [1.82, 2.24) is 4.57 Å². The first-order valence-electron chi connectivity index (χ1n) is 20.6. The summed E-state index contributed by atoms with van der Waals surface area (Å²) in [6, 6.07) is 88.0. The molecule has 0 bridgehead atoms. The third-order valence-corrected chi connectivity index (χ3v) is 11.8. The summed E-state index contributed by atoms with van der Waals surface area (Å²) in [6.07, 6.45) is 0. The summed E-state index contributed by atoms with van der Waals surface area (Å²) in [5.41, 5.74) is 16.3. The number of nitrogens with zero attached hydrogens (tertiary/aromatic N) is 2. The molecule has 0 saturated heterocycles. The Balaban J connectivity index is 1.14. The smallest absolute Gasteiger partial charge is 0.0561 e. The van der Waals surface area contributed by atoms with Crippen molar-refractivity contribution in [2.45, 2.75) is 0 Å². The van der Waals surface area contributed by atoms with Gasteiger partial charge in [0.2, 0.25) is 0 Å². The van der Waals surface area contributed by atoms with E-state index in [-0.39, 0.29) is 0 Å². The second kappa shape index (κ2) is 15.1. The van der Waals surface area contributed by atoms with Crippen LogP contribution in [0.4, 0.5) is 17.1 Å². The number of hydrogen-bond donors (Lipinski definition) is 0. The van der Waals surface area contributed by atoms with Crippen molar-refractivity contribution in [2.24, 2.45) is 0 Å². The van der Waals surface area contributed by atoms with Gasteiger partial charge in [0.25, 0.3) is 0 Å². The molecule has 11 rings (SSSR count). The van der Waals surface area contributed by atoms with Gasteiger partial charge in [-0.3, -0.25) is 0 Å². The average Bonchev–Trinajstić information content (AvgIpc) is 3.66. The second-order valence-corrected chi connectivity index (χ2v) is 15.3. The fourth-order valence-corrected chi connectivity index (χ4v) is 9.02. The third-order valence-electron chi connectivity index (χ3n) is 11.8. The molecule has 2 nitrogen and oxygen atoms in total.